The van der Waals surface area contributed by atoms with Crippen molar-refractivity contribution < 1.29 is 70.2 Å². The monoisotopic (exact) mass is 1550 g/mol. The van der Waals surface area contributed by atoms with Gasteiger partial charge in [-0.1, -0.05) is 135 Å². The van der Waals surface area contributed by atoms with Crippen molar-refractivity contribution in [3.05, 3.63) is 205 Å². The summed E-state index contributed by atoms with van der Waals surface area (Å²) >= 11 is 49.5. The molecule has 0 fully saturated rings. The predicted molar refractivity (Wildman–Crippen MR) is 357 cm³/mol. The molecule has 0 aliphatic heterocycles. The van der Waals surface area contributed by atoms with Gasteiger partial charge in [-0.05, 0) is 54.1 Å². The first kappa shape index (κ1) is 83.4. The summed E-state index contributed by atoms with van der Waals surface area (Å²) in [7, 11) is 0. The maximum Gasteiger partial charge on any atom is 0.416 e. The molecule has 0 bridgehead atoms. The van der Waals surface area contributed by atoms with E-state index in [-0.39, 0.29) is 42.8 Å². The van der Waals surface area contributed by atoms with Gasteiger partial charge in [0.2, 0.25) is 0 Å². The van der Waals surface area contributed by atoms with Crippen LogP contribution in [0.25, 0.3) is 11.1 Å². The number of benzene rings is 9. The number of nitrogens with two attached hydrogens (primary N) is 16. The minimum Gasteiger partial charge on any atom is -0.399 e. The molecule has 0 aliphatic rings. The number of alkyl halides is 3. The summed E-state index contributed by atoms with van der Waals surface area (Å²) in [4.78, 5) is 0. The van der Waals surface area contributed by atoms with E-state index in [0.717, 1.165) is 34.6 Å². The molecule has 32 N–H and O–H groups in total. The van der Waals surface area contributed by atoms with Crippen LogP contribution in [0.1, 0.15) is 5.56 Å². The van der Waals surface area contributed by atoms with Gasteiger partial charge in [0.05, 0.1) is 74.8 Å². The standard InChI is InChI=1S/C12H12N2.C7H7F3N2.C6H4Cl4N2.C6H6Cl2N2.3C6H4ClF3N2.C6H4F4N2/c13-10-6-7-12(14)11(8-10)9-4-2-1-3-5-9;8-7(9,10)4-1-5(11)3-6(12)2-4;7-1-2(8)5(11)4(10)6(12)3(1)9;7-4-1-3(9)2-5(8)6(4)10;7-1-5(11)3(9)2(8)4(10)6(1)12;7-1-2(8)6(12)4(10)3(9)5(1)11;7-1-2(8)5(11)4(10)6(12)3(1)9;7-1-2(8)6(12)4(10)3(9)5(1)11/h1-8H,13-14H2;1-3H,11-12H2;11-12H2;1-2H,9-10H2;4*11-12H2. The Hall–Kier alpha value is -8.73. The molecule has 0 heterocycles. The van der Waals surface area contributed by atoms with Crippen molar-refractivity contribution in [2.75, 3.05) is 91.7 Å². The Morgan fingerprint density at radius 1 is 0.240 bits per heavy atom. The van der Waals surface area contributed by atoms with Crippen LogP contribution < -0.4 is 91.7 Å². The molecule has 0 saturated heterocycles. The highest BCUT2D eigenvalue weighted by atomic mass is 35.5. The maximum absolute atomic E-state index is 12.7. The van der Waals surface area contributed by atoms with Crippen molar-refractivity contribution >= 4 is 195 Å². The van der Waals surface area contributed by atoms with E-state index >= 15 is 0 Å². The molecule has 0 aliphatic carbocycles. The van der Waals surface area contributed by atoms with Crippen LogP contribution in [0.5, 0.6) is 0 Å². The Labute approximate surface area is 576 Å². The lowest BCUT2D eigenvalue weighted by Crippen LogP contribution is -2.07. The fourth-order valence-corrected chi connectivity index (χ4v) is 8.20. The predicted octanol–water partition coefficient (Wildman–Crippen LogP) is 17.2. The Morgan fingerprint density at radius 3 is 0.938 bits per heavy atom. The molecule has 41 heteroatoms. The number of rotatable bonds is 1. The molecule has 520 valence electrons. The molecule has 9 aromatic rings. The zero-order valence-electron chi connectivity index (χ0n) is 47.2. The first-order chi connectivity index (χ1) is 44.1. The quantitative estimate of drug-likeness (QED) is 0.0314. The lowest BCUT2D eigenvalue weighted by molar-refractivity contribution is -0.137. The molecule has 0 spiro atoms. The minimum absolute atomic E-state index is 0.0160. The van der Waals surface area contributed by atoms with E-state index in [9.17, 15) is 70.2 Å². The normalized spacial score (nSPS) is 10.4. The topological polar surface area (TPSA) is 416 Å². The molecule has 0 amide bonds. The van der Waals surface area contributed by atoms with Crippen LogP contribution in [0, 0.1) is 75.6 Å². The van der Waals surface area contributed by atoms with Crippen molar-refractivity contribution in [3.63, 3.8) is 0 Å². The third-order valence-corrected chi connectivity index (χ3v) is 14.7. The summed E-state index contributed by atoms with van der Waals surface area (Å²) in [5.74, 6) is -19.6. The first-order valence-electron chi connectivity index (χ1n) is 24.4. The SMILES string of the molecule is Nc1c(Cl)c(N)c(Cl)c(Cl)c1Cl.Nc1c(F)c(F)c(F)c(N)c1Cl.Nc1c(F)c(F)c(N)c(Cl)c1F.Nc1c(F)c(F)c(N)c(F)c1F.Nc1c(F)c(N)c(F)c(Cl)c1F.Nc1cc(Cl)c(N)c(Cl)c1.Nc1cc(N)cc(C(F)(F)F)c1.Nc1ccc(N)c(-c2ccccc2)c1. The van der Waals surface area contributed by atoms with E-state index in [2.05, 4.69) is 11.5 Å². The van der Waals surface area contributed by atoms with Gasteiger partial charge in [0.1, 0.15) is 38.5 Å². The smallest absolute Gasteiger partial charge is 0.399 e. The van der Waals surface area contributed by atoms with E-state index in [1.165, 1.54) is 6.07 Å². The summed E-state index contributed by atoms with van der Waals surface area (Å²) in [6.45, 7) is 0. The Morgan fingerprint density at radius 2 is 0.552 bits per heavy atom. The molecular weight excluding hydrogens is 1510 g/mol. The van der Waals surface area contributed by atoms with E-state index in [0.29, 0.717) is 21.4 Å². The van der Waals surface area contributed by atoms with Crippen LogP contribution in [0.15, 0.2) is 78.9 Å². The van der Waals surface area contributed by atoms with Gasteiger partial charge < -0.3 is 91.7 Å². The van der Waals surface area contributed by atoms with Crippen LogP contribution in [-0.2, 0) is 6.18 Å². The minimum atomic E-state index is -4.39. The van der Waals surface area contributed by atoms with E-state index in [4.69, 9.17) is 185 Å². The zero-order chi connectivity index (χ0) is 74.4. The number of nitrogen functional groups attached to an aromatic ring is 16. The molecule has 9 aromatic carbocycles. The third kappa shape index (κ3) is 20.9. The van der Waals surface area contributed by atoms with Gasteiger partial charge in [-0.2, -0.15) is 13.2 Å². The molecule has 16 nitrogen and oxygen atoms in total. The van der Waals surface area contributed by atoms with Crippen LogP contribution in [0.4, 0.5) is 161 Å². The molecule has 96 heavy (non-hydrogen) atoms. The van der Waals surface area contributed by atoms with Crippen LogP contribution in [-0.4, -0.2) is 0 Å². The molecule has 0 saturated carbocycles. The Kier molecular flexibility index (Phi) is 30.7. The van der Waals surface area contributed by atoms with Crippen molar-refractivity contribution in [2.24, 2.45) is 0 Å². The molecule has 0 aromatic heterocycles. The maximum atomic E-state index is 12.7. The average Bonchev–Trinajstić information content (AvgIpc) is 0.844. The molecule has 0 radical (unpaired) electrons. The van der Waals surface area contributed by atoms with Gasteiger partial charge in [0.25, 0.3) is 0 Å². The second kappa shape index (κ2) is 35.3. The highest BCUT2D eigenvalue weighted by Gasteiger charge is 2.31. The van der Waals surface area contributed by atoms with Crippen LogP contribution in [0.2, 0.25) is 45.2 Å². The largest absolute Gasteiger partial charge is 0.416 e. The fourth-order valence-electron chi connectivity index (χ4n) is 6.23. The van der Waals surface area contributed by atoms with E-state index in [1.54, 1.807) is 12.1 Å². The lowest BCUT2D eigenvalue weighted by Gasteiger charge is -2.08. The second-order valence-electron chi connectivity index (χ2n) is 17.9. The fraction of sp³-hybridized carbons (Fsp3) is 0.0182. The summed E-state index contributed by atoms with van der Waals surface area (Å²) in [6, 6.07) is 21.6. The van der Waals surface area contributed by atoms with Crippen molar-refractivity contribution in [1.82, 2.24) is 0 Å². The number of hydrogen-bond acceptors (Lipinski definition) is 16. The van der Waals surface area contributed by atoms with Gasteiger partial charge in [0, 0.05) is 34.0 Å². The molecular formula is C55H45Cl9F16N16. The van der Waals surface area contributed by atoms with Crippen molar-refractivity contribution in [1.29, 1.82) is 0 Å². The third-order valence-electron chi connectivity index (χ3n) is 11.2. The van der Waals surface area contributed by atoms with Crippen molar-refractivity contribution in [2.45, 2.75) is 6.18 Å². The van der Waals surface area contributed by atoms with Crippen LogP contribution in [0.3, 0.4) is 0 Å². The van der Waals surface area contributed by atoms with E-state index < -0.39 is 148 Å². The number of anilines is 16. The highest BCUT2D eigenvalue weighted by molar-refractivity contribution is 6.53. The zero-order valence-corrected chi connectivity index (χ0v) is 54.0. The molecule has 0 atom stereocenters. The van der Waals surface area contributed by atoms with Crippen molar-refractivity contribution in [3.8, 4) is 11.1 Å². The first-order valence-corrected chi connectivity index (χ1v) is 27.8. The second-order valence-corrected chi connectivity index (χ2v) is 21.4. The summed E-state index contributed by atoms with van der Waals surface area (Å²) in [5, 5.41) is -0.812. The summed E-state index contributed by atoms with van der Waals surface area (Å²) in [5.41, 5.74) is 79.1. The van der Waals surface area contributed by atoms with Gasteiger partial charge in [-0.3, -0.25) is 0 Å². The van der Waals surface area contributed by atoms with Gasteiger partial charge in [0.15, 0.2) is 75.6 Å². The molecule has 9 rings (SSSR count). The molecule has 0 unspecified atom stereocenters. The average molecular weight is 1550 g/mol. The summed E-state index contributed by atoms with van der Waals surface area (Å²) in [6.07, 6.45) is -4.39. The van der Waals surface area contributed by atoms with Gasteiger partial charge >= 0.3 is 6.18 Å². The number of hydrogen-bond donors (Lipinski definition) is 16. The number of halogens is 25. The van der Waals surface area contributed by atoms with E-state index in [1.807, 2.05) is 48.5 Å². The van der Waals surface area contributed by atoms with Crippen LogP contribution >= 0.6 is 104 Å². The van der Waals surface area contributed by atoms with Gasteiger partial charge in [-0.15, -0.1) is 0 Å². The van der Waals surface area contributed by atoms with Gasteiger partial charge in [-0.25, -0.2) is 57.1 Å². The highest BCUT2D eigenvalue weighted by Crippen LogP contribution is 2.45. The lowest BCUT2D eigenvalue weighted by atomic mass is 10.0. The Bertz CT molecular complexity index is 3360. The summed E-state index contributed by atoms with van der Waals surface area (Å²) < 4.78 is 199. The Balaban J connectivity index is 0.000000374.